The molecular formula is C19H34N2O. The van der Waals surface area contributed by atoms with Crippen LogP contribution in [0.4, 0.5) is 0 Å². The molecule has 3 nitrogen and oxygen atoms in total. The molecule has 126 valence electrons. The van der Waals surface area contributed by atoms with E-state index in [0.717, 1.165) is 19.0 Å². The summed E-state index contributed by atoms with van der Waals surface area (Å²) in [4.78, 5) is 17.4. The highest BCUT2D eigenvalue weighted by molar-refractivity contribution is 5.78. The van der Waals surface area contributed by atoms with E-state index in [-0.39, 0.29) is 0 Å². The smallest absolute Gasteiger partial charge is 0.236 e. The van der Waals surface area contributed by atoms with Crippen LogP contribution in [0, 0.1) is 17.8 Å². The summed E-state index contributed by atoms with van der Waals surface area (Å²) in [6.45, 7) is 8.39. The minimum Gasteiger partial charge on any atom is -0.341 e. The Morgan fingerprint density at radius 3 is 2.23 bits per heavy atom. The first-order valence-electron chi connectivity index (χ1n) is 9.63. The second-order valence-electron chi connectivity index (χ2n) is 8.41. The minimum absolute atomic E-state index is 0.390. The molecule has 1 aliphatic heterocycles. The standard InChI is InChI=1S/C19H34N2O/c1-15-10-16(2)12-21(11-15)19(22)14-20(18-8-9-18)13-17-6-4-3-5-7-17/h15-18H,3-14H2,1-2H3/t15-,16-/m1/s1. The molecule has 22 heavy (non-hydrogen) atoms. The molecule has 0 aromatic heterocycles. The van der Waals surface area contributed by atoms with Gasteiger partial charge in [-0.3, -0.25) is 9.69 Å². The highest BCUT2D eigenvalue weighted by Gasteiger charge is 2.34. The van der Waals surface area contributed by atoms with E-state index in [1.807, 2.05) is 0 Å². The quantitative estimate of drug-likeness (QED) is 0.775. The molecule has 1 heterocycles. The predicted octanol–water partition coefficient (Wildman–Crippen LogP) is 3.54. The third kappa shape index (κ3) is 4.47. The SMILES string of the molecule is C[C@@H]1C[C@@H](C)CN(C(=O)CN(CC2CCCCC2)C2CC2)C1. The lowest BCUT2D eigenvalue weighted by Crippen LogP contribution is -2.48. The van der Waals surface area contributed by atoms with Gasteiger partial charge in [0.2, 0.25) is 5.91 Å². The van der Waals surface area contributed by atoms with Crippen molar-refractivity contribution in [2.45, 2.75) is 71.3 Å². The van der Waals surface area contributed by atoms with Crippen molar-refractivity contribution >= 4 is 5.91 Å². The molecule has 0 radical (unpaired) electrons. The van der Waals surface area contributed by atoms with Crippen molar-refractivity contribution in [1.29, 1.82) is 0 Å². The number of likely N-dealkylation sites (tertiary alicyclic amines) is 1. The molecule has 2 saturated carbocycles. The average molecular weight is 306 g/mol. The third-order valence-electron chi connectivity index (χ3n) is 5.84. The Hall–Kier alpha value is -0.570. The molecule has 3 heteroatoms. The van der Waals surface area contributed by atoms with Crippen LogP contribution in [0.3, 0.4) is 0 Å². The van der Waals surface area contributed by atoms with Crippen molar-refractivity contribution in [3.05, 3.63) is 0 Å². The van der Waals surface area contributed by atoms with E-state index in [0.29, 0.717) is 30.3 Å². The van der Waals surface area contributed by atoms with Gasteiger partial charge in [-0.15, -0.1) is 0 Å². The Labute approximate surface area is 136 Å². The van der Waals surface area contributed by atoms with Crippen LogP contribution in [0.2, 0.25) is 0 Å². The van der Waals surface area contributed by atoms with Crippen LogP contribution >= 0.6 is 0 Å². The van der Waals surface area contributed by atoms with Crippen molar-refractivity contribution in [1.82, 2.24) is 9.80 Å². The molecule has 3 aliphatic rings. The molecule has 3 fully saturated rings. The molecule has 0 bridgehead atoms. The van der Waals surface area contributed by atoms with Crippen LogP contribution in [0.1, 0.15) is 65.2 Å². The van der Waals surface area contributed by atoms with E-state index in [4.69, 9.17) is 0 Å². The molecule has 0 spiro atoms. The normalized spacial score (nSPS) is 30.8. The fourth-order valence-electron chi connectivity index (χ4n) is 4.62. The van der Waals surface area contributed by atoms with Gasteiger partial charge in [-0.05, 0) is 49.9 Å². The molecule has 1 saturated heterocycles. The Kier molecular flexibility index (Phi) is 5.43. The largest absolute Gasteiger partial charge is 0.341 e. The van der Waals surface area contributed by atoms with Gasteiger partial charge in [0.1, 0.15) is 0 Å². The van der Waals surface area contributed by atoms with E-state index < -0.39 is 0 Å². The molecule has 0 aromatic rings. The Morgan fingerprint density at radius 2 is 1.64 bits per heavy atom. The summed E-state index contributed by atoms with van der Waals surface area (Å²) >= 11 is 0. The first-order valence-corrected chi connectivity index (χ1v) is 9.63. The van der Waals surface area contributed by atoms with E-state index in [1.165, 1.54) is 57.9 Å². The van der Waals surface area contributed by atoms with Gasteiger partial charge in [-0.25, -0.2) is 0 Å². The summed E-state index contributed by atoms with van der Waals surface area (Å²) in [6, 6.07) is 0.713. The summed E-state index contributed by atoms with van der Waals surface area (Å²) in [5.74, 6) is 2.57. The number of amides is 1. The van der Waals surface area contributed by atoms with Gasteiger partial charge in [0, 0.05) is 25.7 Å². The number of hydrogen-bond donors (Lipinski definition) is 0. The van der Waals surface area contributed by atoms with Gasteiger partial charge in [0.25, 0.3) is 0 Å². The number of piperidine rings is 1. The van der Waals surface area contributed by atoms with Crippen molar-refractivity contribution in [3.8, 4) is 0 Å². The lowest BCUT2D eigenvalue weighted by molar-refractivity contribution is -0.135. The molecule has 0 N–H and O–H groups in total. The molecule has 3 rings (SSSR count). The topological polar surface area (TPSA) is 23.6 Å². The zero-order chi connectivity index (χ0) is 15.5. The molecule has 2 aliphatic carbocycles. The van der Waals surface area contributed by atoms with Crippen LogP contribution in [0.5, 0.6) is 0 Å². The number of rotatable bonds is 5. The van der Waals surface area contributed by atoms with Crippen molar-refractivity contribution in [3.63, 3.8) is 0 Å². The highest BCUT2D eigenvalue weighted by Crippen LogP contribution is 2.31. The fourth-order valence-corrected chi connectivity index (χ4v) is 4.62. The molecule has 0 unspecified atom stereocenters. The summed E-state index contributed by atoms with van der Waals surface area (Å²) in [6.07, 6.45) is 10.9. The van der Waals surface area contributed by atoms with Crippen molar-refractivity contribution in [2.24, 2.45) is 17.8 Å². The third-order valence-corrected chi connectivity index (χ3v) is 5.84. The van der Waals surface area contributed by atoms with Gasteiger partial charge in [0.05, 0.1) is 6.54 Å². The second kappa shape index (κ2) is 7.33. The zero-order valence-corrected chi connectivity index (χ0v) is 14.6. The lowest BCUT2D eigenvalue weighted by Gasteiger charge is -2.37. The van der Waals surface area contributed by atoms with Crippen molar-refractivity contribution in [2.75, 3.05) is 26.2 Å². The van der Waals surface area contributed by atoms with Gasteiger partial charge in [-0.2, -0.15) is 0 Å². The molecule has 2 atom stereocenters. The van der Waals surface area contributed by atoms with Crippen LogP contribution in [0.25, 0.3) is 0 Å². The zero-order valence-electron chi connectivity index (χ0n) is 14.6. The number of nitrogens with zero attached hydrogens (tertiary/aromatic N) is 2. The number of hydrogen-bond acceptors (Lipinski definition) is 2. The van der Waals surface area contributed by atoms with Crippen molar-refractivity contribution < 1.29 is 4.79 Å². The van der Waals surface area contributed by atoms with Gasteiger partial charge in [-0.1, -0.05) is 33.1 Å². The maximum absolute atomic E-state index is 12.8. The minimum atomic E-state index is 0.390. The van der Waals surface area contributed by atoms with Gasteiger partial charge in [0.15, 0.2) is 0 Å². The van der Waals surface area contributed by atoms with E-state index >= 15 is 0 Å². The monoisotopic (exact) mass is 306 g/mol. The molecule has 1 amide bonds. The lowest BCUT2D eigenvalue weighted by atomic mass is 9.89. The first kappa shape index (κ1) is 16.3. The number of carbonyl (C=O) groups excluding carboxylic acids is 1. The average Bonchev–Trinajstić information content (AvgIpc) is 3.31. The summed E-state index contributed by atoms with van der Waals surface area (Å²) in [7, 11) is 0. The molecular weight excluding hydrogens is 272 g/mol. The van der Waals surface area contributed by atoms with Crippen LogP contribution in [-0.4, -0.2) is 47.9 Å². The maximum atomic E-state index is 12.8. The van der Waals surface area contributed by atoms with Gasteiger partial charge < -0.3 is 4.90 Å². The molecule has 0 aromatic carbocycles. The Morgan fingerprint density at radius 1 is 1.00 bits per heavy atom. The summed E-state index contributed by atoms with van der Waals surface area (Å²) < 4.78 is 0. The maximum Gasteiger partial charge on any atom is 0.236 e. The highest BCUT2D eigenvalue weighted by atomic mass is 16.2. The second-order valence-corrected chi connectivity index (χ2v) is 8.41. The summed E-state index contributed by atoms with van der Waals surface area (Å²) in [5.41, 5.74) is 0. The van der Waals surface area contributed by atoms with E-state index in [9.17, 15) is 4.79 Å². The Balaban J connectivity index is 1.52. The van der Waals surface area contributed by atoms with Crippen LogP contribution in [-0.2, 0) is 4.79 Å². The van der Waals surface area contributed by atoms with Gasteiger partial charge >= 0.3 is 0 Å². The Bertz CT molecular complexity index is 364. The number of carbonyl (C=O) groups is 1. The summed E-state index contributed by atoms with van der Waals surface area (Å²) in [5, 5.41) is 0. The van der Waals surface area contributed by atoms with E-state index in [1.54, 1.807) is 0 Å². The fraction of sp³-hybridized carbons (Fsp3) is 0.947. The first-order chi connectivity index (χ1) is 10.6. The van der Waals surface area contributed by atoms with Crippen LogP contribution in [0.15, 0.2) is 0 Å². The van der Waals surface area contributed by atoms with E-state index in [2.05, 4.69) is 23.6 Å². The predicted molar refractivity (Wildman–Crippen MR) is 90.7 cm³/mol. The van der Waals surface area contributed by atoms with Crippen LogP contribution < -0.4 is 0 Å².